The Labute approximate surface area is 100 Å². The average Bonchev–Trinajstić information content (AvgIpc) is 2.28. The first kappa shape index (κ1) is 13.2. The highest BCUT2D eigenvalue weighted by Gasteiger charge is 2.19. The van der Waals surface area contributed by atoms with Gasteiger partial charge in [-0.3, -0.25) is 4.79 Å². The summed E-state index contributed by atoms with van der Waals surface area (Å²) in [5, 5.41) is 9.60. The molecule has 1 aromatic carbocycles. The van der Waals surface area contributed by atoms with E-state index >= 15 is 0 Å². The number of phenols is 1. The topological polar surface area (TPSA) is 63.6 Å². The van der Waals surface area contributed by atoms with Crippen LogP contribution in [0, 0.1) is 0 Å². The molecule has 1 N–H and O–H groups in total. The van der Waals surface area contributed by atoms with Crippen LogP contribution in [0.1, 0.15) is 42.6 Å². The zero-order valence-corrected chi connectivity index (χ0v) is 10.2. The van der Waals surface area contributed by atoms with Crippen molar-refractivity contribution in [3.63, 3.8) is 0 Å². The second-order valence-electron chi connectivity index (χ2n) is 3.98. The lowest BCUT2D eigenvalue weighted by atomic mass is 9.98. The number of esters is 1. The van der Waals surface area contributed by atoms with Gasteiger partial charge in [-0.25, -0.2) is 4.79 Å². The van der Waals surface area contributed by atoms with E-state index in [1.165, 1.54) is 18.2 Å². The summed E-state index contributed by atoms with van der Waals surface area (Å²) in [4.78, 5) is 22.9. The van der Waals surface area contributed by atoms with Crippen molar-refractivity contribution in [1.82, 2.24) is 0 Å². The summed E-state index contributed by atoms with van der Waals surface area (Å²) in [6.07, 6.45) is 0. The third-order valence-electron chi connectivity index (χ3n) is 2.37. The van der Waals surface area contributed by atoms with E-state index in [1.807, 2.05) is 13.8 Å². The number of carbonyl (C=O) groups excluding carboxylic acids is 2. The van der Waals surface area contributed by atoms with Crippen molar-refractivity contribution in [3.05, 3.63) is 29.3 Å². The monoisotopic (exact) mass is 236 g/mol. The van der Waals surface area contributed by atoms with Gasteiger partial charge in [0.15, 0.2) is 0 Å². The van der Waals surface area contributed by atoms with Gasteiger partial charge < -0.3 is 9.84 Å². The van der Waals surface area contributed by atoms with Crippen LogP contribution in [0.3, 0.4) is 0 Å². The summed E-state index contributed by atoms with van der Waals surface area (Å²) in [5.74, 6) is -1.35. The molecule has 0 amide bonds. The molecular weight excluding hydrogens is 220 g/mol. The molecule has 0 saturated carbocycles. The van der Waals surface area contributed by atoms with Crippen molar-refractivity contribution in [2.75, 3.05) is 6.61 Å². The molecular formula is C13H16O4. The first-order valence-electron chi connectivity index (χ1n) is 5.51. The van der Waals surface area contributed by atoms with Gasteiger partial charge in [0.1, 0.15) is 5.75 Å². The molecule has 4 heteroatoms. The van der Waals surface area contributed by atoms with E-state index in [2.05, 4.69) is 4.74 Å². The largest absolute Gasteiger partial charge is 0.508 e. The summed E-state index contributed by atoms with van der Waals surface area (Å²) in [7, 11) is 0. The van der Waals surface area contributed by atoms with E-state index in [0.717, 1.165) is 0 Å². The Kier molecular flexibility index (Phi) is 4.26. The maximum absolute atomic E-state index is 11.7. The molecule has 0 fully saturated rings. The van der Waals surface area contributed by atoms with Crippen LogP contribution < -0.4 is 0 Å². The molecule has 0 aliphatic heterocycles. The molecule has 0 atom stereocenters. The van der Waals surface area contributed by atoms with Crippen molar-refractivity contribution in [2.24, 2.45) is 0 Å². The predicted molar refractivity (Wildman–Crippen MR) is 63.2 cm³/mol. The number of aromatic hydroxyl groups is 1. The molecule has 0 bridgehead atoms. The fourth-order valence-electron chi connectivity index (χ4n) is 1.47. The van der Waals surface area contributed by atoms with Gasteiger partial charge in [0, 0.05) is 5.56 Å². The van der Waals surface area contributed by atoms with Crippen molar-refractivity contribution >= 4 is 11.8 Å². The molecule has 1 aromatic rings. The molecule has 0 heterocycles. The highest BCUT2D eigenvalue weighted by molar-refractivity contribution is 6.40. The van der Waals surface area contributed by atoms with Gasteiger partial charge in [0.2, 0.25) is 0 Å². The quantitative estimate of drug-likeness (QED) is 0.495. The van der Waals surface area contributed by atoms with Crippen LogP contribution in [0.25, 0.3) is 0 Å². The number of Topliss-reactive ketones (excluding diaryl/α,β-unsaturated/α-hetero) is 1. The third kappa shape index (κ3) is 3.06. The molecule has 0 radical (unpaired) electrons. The van der Waals surface area contributed by atoms with Crippen LogP contribution in [-0.2, 0) is 9.53 Å². The van der Waals surface area contributed by atoms with Crippen LogP contribution >= 0.6 is 0 Å². The molecule has 0 spiro atoms. The standard InChI is InChI=1S/C13H16O4/c1-4-17-13(16)12(15)9-5-6-11(14)10(7-9)8(2)3/h5-8,14H,4H2,1-3H3. The Hall–Kier alpha value is -1.84. The van der Waals surface area contributed by atoms with Gasteiger partial charge in [0.05, 0.1) is 6.61 Å². The molecule has 17 heavy (non-hydrogen) atoms. The zero-order valence-electron chi connectivity index (χ0n) is 10.2. The first-order valence-corrected chi connectivity index (χ1v) is 5.51. The van der Waals surface area contributed by atoms with Gasteiger partial charge in [-0.05, 0) is 36.6 Å². The Balaban J connectivity index is 3.03. The minimum Gasteiger partial charge on any atom is -0.508 e. The van der Waals surface area contributed by atoms with Gasteiger partial charge in [-0.15, -0.1) is 0 Å². The number of ketones is 1. The second kappa shape index (κ2) is 5.48. The van der Waals surface area contributed by atoms with Crippen molar-refractivity contribution in [3.8, 4) is 5.75 Å². The lowest BCUT2D eigenvalue weighted by Crippen LogP contribution is -2.17. The molecule has 0 aliphatic carbocycles. The van der Waals surface area contributed by atoms with E-state index in [-0.39, 0.29) is 23.8 Å². The Bertz CT molecular complexity index is 435. The van der Waals surface area contributed by atoms with E-state index in [0.29, 0.717) is 5.56 Å². The summed E-state index contributed by atoms with van der Waals surface area (Å²) in [6.45, 7) is 5.60. The molecule has 92 valence electrons. The summed E-state index contributed by atoms with van der Waals surface area (Å²) in [5.41, 5.74) is 0.880. The van der Waals surface area contributed by atoms with Gasteiger partial charge in [-0.1, -0.05) is 13.8 Å². The van der Waals surface area contributed by atoms with Gasteiger partial charge >= 0.3 is 5.97 Å². The third-order valence-corrected chi connectivity index (χ3v) is 2.37. The Morgan fingerprint density at radius 2 is 2.00 bits per heavy atom. The van der Waals surface area contributed by atoms with Gasteiger partial charge in [0.25, 0.3) is 5.78 Å². The number of benzene rings is 1. The fourth-order valence-corrected chi connectivity index (χ4v) is 1.47. The number of rotatable bonds is 4. The van der Waals surface area contributed by atoms with E-state index in [1.54, 1.807) is 6.92 Å². The molecule has 1 rings (SSSR count). The van der Waals surface area contributed by atoms with E-state index in [4.69, 9.17) is 0 Å². The van der Waals surface area contributed by atoms with Crippen LogP contribution in [0.4, 0.5) is 0 Å². The number of ether oxygens (including phenoxy) is 1. The first-order chi connectivity index (χ1) is 7.97. The van der Waals surface area contributed by atoms with E-state index < -0.39 is 11.8 Å². The Morgan fingerprint density at radius 1 is 1.35 bits per heavy atom. The minimum absolute atomic E-state index is 0.0740. The molecule has 0 aromatic heterocycles. The van der Waals surface area contributed by atoms with Crippen molar-refractivity contribution in [2.45, 2.75) is 26.7 Å². The van der Waals surface area contributed by atoms with Crippen molar-refractivity contribution in [1.29, 1.82) is 0 Å². The number of hydrogen-bond donors (Lipinski definition) is 1. The summed E-state index contributed by atoms with van der Waals surface area (Å²) in [6, 6.07) is 4.36. The van der Waals surface area contributed by atoms with Crippen LogP contribution in [0.15, 0.2) is 18.2 Å². The highest BCUT2D eigenvalue weighted by Crippen LogP contribution is 2.26. The smallest absolute Gasteiger partial charge is 0.379 e. The highest BCUT2D eigenvalue weighted by atomic mass is 16.5. The van der Waals surface area contributed by atoms with Crippen LogP contribution in [0.5, 0.6) is 5.75 Å². The molecule has 0 aliphatic rings. The lowest BCUT2D eigenvalue weighted by Gasteiger charge is -2.09. The molecule has 4 nitrogen and oxygen atoms in total. The number of carbonyl (C=O) groups is 2. The summed E-state index contributed by atoms with van der Waals surface area (Å²) < 4.78 is 4.64. The zero-order chi connectivity index (χ0) is 13.0. The average molecular weight is 236 g/mol. The second-order valence-corrected chi connectivity index (χ2v) is 3.98. The van der Waals surface area contributed by atoms with Crippen LogP contribution in [0.2, 0.25) is 0 Å². The molecule has 0 saturated heterocycles. The minimum atomic E-state index is -0.868. The van der Waals surface area contributed by atoms with Crippen LogP contribution in [-0.4, -0.2) is 23.5 Å². The maximum atomic E-state index is 11.7. The van der Waals surface area contributed by atoms with E-state index in [9.17, 15) is 14.7 Å². The predicted octanol–water partition coefficient (Wildman–Crippen LogP) is 2.26. The molecule has 0 unspecified atom stereocenters. The summed E-state index contributed by atoms with van der Waals surface area (Å²) >= 11 is 0. The maximum Gasteiger partial charge on any atom is 0.379 e. The fraction of sp³-hybridized carbons (Fsp3) is 0.385. The normalized spacial score (nSPS) is 10.4. The Morgan fingerprint density at radius 3 is 2.53 bits per heavy atom. The number of hydrogen-bond acceptors (Lipinski definition) is 4. The SMILES string of the molecule is CCOC(=O)C(=O)c1ccc(O)c(C(C)C)c1. The number of phenolic OH excluding ortho intramolecular Hbond substituents is 1. The lowest BCUT2D eigenvalue weighted by molar-refractivity contribution is -0.137. The van der Waals surface area contributed by atoms with Gasteiger partial charge in [-0.2, -0.15) is 0 Å². The van der Waals surface area contributed by atoms with Crippen molar-refractivity contribution < 1.29 is 19.4 Å².